The van der Waals surface area contributed by atoms with Crippen molar-refractivity contribution in [2.24, 2.45) is 11.8 Å². The van der Waals surface area contributed by atoms with Crippen LogP contribution in [0.1, 0.15) is 25.8 Å². The second kappa shape index (κ2) is 7.33. The average Bonchev–Trinajstić information content (AvgIpc) is 2.36. The van der Waals surface area contributed by atoms with Crippen molar-refractivity contribution in [1.29, 1.82) is 0 Å². The summed E-state index contributed by atoms with van der Waals surface area (Å²) >= 11 is 0. The van der Waals surface area contributed by atoms with Gasteiger partial charge in [0.1, 0.15) is 5.75 Å². The van der Waals surface area contributed by atoms with Crippen molar-refractivity contribution in [2.75, 3.05) is 20.7 Å². The van der Waals surface area contributed by atoms with Crippen LogP contribution in [0.15, 0.2) is 24.3 Å². The van der Waals surface area contributed by atoms with E-state index in [1.54, 1.807) is 7.11 Å². The first-order chi connectivity index (χ1) is 8.17. The molecule has 0 aromatic heterocycles. The van der Waals surface area contributed by atoms with Crippen LogP contribution in [0.4, 0.5) is 0 Å². The van der Waals surface area contributed by atoms with Crippen molar-refractivity contribution in [3.63, 3.8) is 0 Å². The molecule has 0 fully saturated rings. The molecular formula is C15H25NO. The van der Waals surface area contributed by atoms with Crippen LogP contribution in [0.5, 0.6) is 5.75 Å². The van der Waals surface area contributed by atoms with Gasteiger partial charge in [0.15, 0.2) is 0 Å². The Labute approximate surface area is 105 Å². The first-order valence-corrected chi connectivity index (χ1v) is 6.45. The third-order valence-corrected chi connectivity index (χ3v) is 3.54. The van der Waals surface area contributed by atoms with Crippen molar-refractivity contribution in [3.05, 3.63) is 29.8 Å². The second-order valence-corrected chi connectivity index (χ2v) is 4.90. The maximum atomic E-state index is 5.16. The largest absolute Gasteiger partial charge is 0.497 e. The van der Waals surface area contributed by atoms with E-state index in [2.05, 4.69) is 31.3 Å². The molecule has 0 bridgehead atoms. The Balaban J connectivity index is 2.38. The average molecular weight is 235 g/mol. The van der Waals surface area contributed by atoms with Gasteiger partial charge in [0, 0.05) is 0 Å². The smallest absolute Gasteiger partial charge is 0.118 e. The summed E-state index contributed by atoms with van der Waals surface area (Å²) in [6, 6.07) is 8.40. The van der Waals surface area contributed by atoms with E-state index in [1.165, 1.54) is 12.0 Å². The molecule has 0 heterocycles. The predicted molar refractivity (Wildman–Crippen MR) is 73.6 cm³/mol. The number of ether oxygens (including phenoxy) is 1. The number of methoxy groups -OCH3 is 1. The summed E-state index contributed by atoms with van der Waals surface area (Å²) in [5, 5.41) is 3.25. The van der Waals surface area contributed by atoms with Gasteiger partial charge in [-0.1, -0.05) is 26.0 Å². The van der Waals surface area contributed by atoms with E-state index < -0.39 is 0 Å². The van der Waals surface area contributed by atoms with E-state index >= 15 is 0 Å². The highest BCUT2D eigenvalue weighted by molar-refractivity contribution is 5.27. The third kappa shape index (κ3) is 4.78. The molecule has 0 spiro atoms. The summed E-state index contributed by atoms with van der Waals surface area (Å²) in [5.74, 6) is 2.42. The van der Waals surface area contributed by atoms with Gasteiger partial charge in [-0.2, -0.15) is 0 Å². The first-order valence-electron chi connectivity index (χ1n) is 6.45. The summed E-state index contributed by atoms with van der Waals surface area (Å²) in [5.41, 5.74) is 1.40. The van der Waals surface area contributed by atoms with Crippen molar-refractivity contribution in [3.8, 4) is 5.75 Å². The Bertz CT molecular complexity index is 307. The van der Waals surface area contributed by atoms with Crippen LogP contribution in [0.2, 0.25) is 0 Å². The minimum absolute atomic E-state index is 0.734. The predicted octanol–water partition coefficient (Wildman–Crippen LogP) is 3.12. The number of rotatable bonds is 7. The molecule has 0 aliphatic carbocycles. The summed E-state index contributed by atoms with van der Waals surface area (Å²) in [6.07, 6.45) is 2.40. The van der Waals surface area contributed by atoms with E-state index in [1.807, 2.05) is 19.2 Å². The van der Waals surface area contributed by atoms with E-state index in [-0.39, 0.29) is 0 Å². The van der Waals surface area contributed by atoms with Gasteiger partial charge in [0.25, 0.3) is 0 Å². The zero-order chi connectivity index (χ0) is 12.7. The van der Waals surface area contributed by atoms with Crippen LogP contribution in [0, 0.1) is 11.8 Å². The lowest BCUT2D eigenvalue weighted by molar-refractivity contribution is 0.355. The molecule has 0 saturated carbocycles. The zero-order valence-electron chi connectivity index (χ0n) is 11.5. The van der Waals surface area contributed by atoms with Gasteiger partial charge in [-0.3, -0.25) is 0 Å². The Morgan fingerprint density at radius 1 is 1.12 bits per heavy atom. The second-order valence-electron chi connectivity index (χ2n) is 4.90. The van der Waals surface area contributed by atoms with E-state index in [9.17, 15) is 0 Å². The Morgan fingerprint density at radius 3 is 2.29 bits per heavy atom. The van der Waals surface area contributed by atoms with Crippen molar-refractivity contribution in [2.45, 2.75) is 26.7 Å². The lowest BCUT2D eigenvalue weighted by Gasteiger charge is -2.19. The summed E-state index contributed by atoms with van der Waals surface area (Å²) < 4.78 is 5.16. The Kier molecular flexibility index (Phi) is 6.06. The van der Waals surface area contributed by atoms with Gasteiger partial charge in [-0.05, 0) is 56.0 Å². The Hall–Kier alpha value is -1.02. The molecule has 2 atom stereocenters. The number of hydrogen-bond acceptors (Lipinski definition) is 2. The molecule has 2 nitrogen and oxygen atoms in total. The molecule has 0 amide bonds. The molecule has 0 saturated heterocycles. The van der Waals surface area contributed by atoms with Crippen molar-refractivity contribution in [1.82, 2.24) is 5.32 Å². The lowest BCUT2D eigenvalue weighted by atomic mass is 9.90. The molecule has 1 rings (SSSR count). The zero-order valence-corrected chi connectivity index (χ0v) is 11.5. The van der Waals surface area contributed by atoms with Crippen molar-refractivity contribution >= 4 is 0 Å². The van der Waals surface area contributed by atoms with Crippen LogP contribution in [0.3, 0.4) is 0 Å². The SMILES string of the molecule is CNCC(C)C(C)CCc1ccc(OC)cc1. The quantitative estimate of drug-likeness (QED) is 0.784. The molecule has 0 radical (unpaired) electrons. The number of benzene rings is 1. The van der Waals surface area contributed by atoms with Crippen molar-refractivity contribution < 1.29 is 4.74 Å². The van der Waals surface area contributed by atoms with Gasteiger partial charge in [0.05, 0.1) is 7.11 Å². The maximum absolute atomic E-state index is 5.16. The fraction of sp³-hybridized carbons (Fsp3) is 0.600. The fourth-order valence-corrected chi connectivity index (χ4v) is 1.99. The first kappa shape index (κ1) is 14.0. The van der Waals surface area contributed by atoms with Crippen LogP contribution in [-0.4, -0.2) is 20.7 Å². The van der Waals surface area contributed by atoms with Crippen LogP contribution >= 0.6 is 0 Å². The highest BCUT2D eigenvalue weighted by atomic mass is 16.5. The molecule has 1 aromatic rings. The van der Waals surface area contributed by atoms with Gasteiger partial charge in [0.2, 0.25) is 0 Å². The topological polar surface area (TPSA) is 21.3 Å². The normalized spacial score (nSPS) is 14.4. The van der Waals surface area contributed by atoms with Crippen LogP contribution in [0.25, 0.3) is 0 Å². The van der Waals surface area contributed by atoms with Gasteiger partial charge >= 0.3 is 0 Å². The number of nitrogens with one attached hydrogen (secondary N) is 1. The molecule has 0 aliphatic rings. The molecule has 96 valence electrons. The highest BCUT2D eigenvalue weighted by Crippen LogP contribution is 2.19. The maximum Gasteiger partial charge on any atom is 0.118 e. The lowest BCUT2D eigenvalue weighted by Crippen LogP contribution is -2.22. The standard InChI is InChI=1S/C15H25NO/c1-12(13(2)11-16-3)5-6-14-7-9-15(17-4)10-8-14/h7-10,12-13,16H,5-6,11H2,1-4H3. The Morgan fingerprint density at radius 2 is 1.76 bits per heavy atom. The van der Waals surface area contributed by atoms with Crippen LogP contribution < -0.4 is 10.1 Å². The highest BCUT2D eigenvalue weighted by Gasteiger charge is 2.11. The summed E-state index contributed by atoms with van der Waals surface area (Å²) in [6.45, 7) is 5.75. The third-order valence-electron chi connectivity index (χ3n) is 3.54. The fourth-order valence-electron chi connectivity index (χ4n) is 1.99. The van der Waals surface area contributed by atoms with E-state index in [0.29, 0.717) is 0 Å². The monoisotopic (exact) mass is 235 g/mol. The minimum atomic E-state index is 0.734. The molecule has 1 aromatic carbocycles. The molecule has 1 N–H and O–H groups in total. The number of aryl methyl sites for hydroxylation is 1. The van der Waals surface area contributed by atoms with Gasteiger partial charge in [-0.25, -0.2) is 0 Å². The van der Waals surface area contributed by atoms with Gasteiger partial charge in [-0.15, -0.1) is 0 Å². The van der Waals surface area contributed by atoms with E-state index in [0.717, 1.165) is 30.6 Å². The molecule has 0 aliphatic heterocycles. The van der Waals surface area contributed by atoms with Crippen LogP contribution in [-0.2, 0) is 6.42 Å². The molecular weight excluding hydrogens is 210 g/mol. The summed E-state index contributed by atoms with van der Waals surface area (Å²) in [7, 11) is 3.73. The minimum Gasteiger partial charge on any atom is -0.497 e. The summed E-state index contributed by atoms with van der Waals surface area (Å²) in [4.78, 5) is 0. The molecule has 2 unspecified atom stereocenters. The molecule has 17 heavy (non-hydrogen) atoms. The van der Waals surface area contributed by atoms with Gasteiger partial charge < -0.3 is 10.1 Å². The molecule has 2 heteroatoms. The number of hydrogen-bond donors (Lipinski definition) is 1. The van der Waals surface area contributed by atoms with E-state index in [4.69, 9.17) is 4.74 Å².